The van der Waals surface area contributed by atoms with E-state index in [9.17, 15) is 4.79 Å². The van der Waals surface area contributed by atoms with E-state index in [2.05, 4.69) is 15.9 Å². The minimum absolute atomic E-state index is 0.0139. The van der Waals surface area contributed by atoms with Gasteiger partial charge in [0.2, 0.25) is 0 Å². The lowest BCUT2D eigenvalue weighted by molar-refractivity contribution is -0.125. The lowest BCUT2D eigenvalue weighted by Gasteiger charge is -2.31. The maximum Gasteiger partial charge on any atom is 0.267 e. The topological polar surface area (TPSA) is 29.5 Å². The van der Waals surface area contributed by atoms with Gasteiger partial charge in [0.15, 0.2) is 6.10 Å². The molecule has 0 radical (unpaired) electrons. The molecule has 0 bridgehead atoms. The molecule has 3 nitrogen and oxygen atoms in total. The van der Waals surface area contributed by atoms with Gasteiger partial charge in [-0.1, -0.05) is 15.9 Å². The minimum Gasteiger partial charge on any atom is -0.478 e. The van der Waals surface area contributed by atoms with E-state index in [-0.39, 0.29) is 5.91 Å². The largest absolute Gasteiger partial charge is 0.478 e. The molecular formula is C11H12BrNO2. The first-order valence-electron chi connectivity index (χ1n) is 4.75. The number of ether oxygens (including phenoxy) is 1. The van der Waals surface area contributed by atoms with Gasteiger partial charge in [0.05, 0.1) is 5.69 Å². The predicted molar refractivity (Wildman–Crippen MR) is 62.4 cm³/mol. The van der Waals surface area contributed by atoms with Gasteiger partial charge >= 0.3 is 0 Å². The molecule has 0 aromatic heterocycles. The first-order valence-corrected chi connectivity index (χ1v) is 5.54. The molecule has 1 amide bonds. The van der Waals surface area contributed by atoms with Crippen molar-refractivity contribution in [1.82, 2.24) is 0 Å². The number of amides is 1. The molecule has 1 aromatic carbocycles. The van der Waals surface area contributed by atoms with Crippen LogP contribution in [0.2, 0.25) is 0 Å². The van der Waals surface area contributed by atoms with E-state index < -0.39 is 6.10 Å². The summed E-state index contributed by atoms with van der Waals surface area (Å²) in [5.41, 5.74) is 1.86. The summed E-state index contributed by atoms with van der Waals surface area (Å²) < 4.78 is 6.54. The van der Waals surface area contributed by atoms with Crippen LogP contribution in [0.1, 0.15) is 12.5 Å². The fraction of sp³-hybridized carbons (Fsp3) is 0.364. The summed E-state index contributed by atoms with van der Waals surface area (Å²) in [5.74, 6) is 0.785. The van der Waals surface area contributed by atoms with Crippen molar-refractivity contribution in [2.75, 3.05) is 11.9 Å². The van der Waals surface area contributed by atoms with Crippen LogP contribution in [-0.4, -0.2) is 19.1 Å². The van der Waals surface area contributed by atoms with Gasteiger partial charge in [0.1, 0.15) is 5.75 Å². The van der Waals surface area contributed by atoms with Crippen LogP contribution in [-0.2, 0) is 4.79 Å². The number of rotatable bonds is 0. The van der Waals surface area contributed by atoms with Gasteiger partial charge in [-0.15, -0.1) is 0 Å². The predicted octanol–water partition coefficient (Wildman–Crippen LogP) is 2.50. The molecule has 2 rings (SSSR count). The SMILES string of the molecule is Cc1cc(Br)cc2c1OC(C)C(=O)N2C. The fourth-order valence-electron chi connectivity index (χ4n) is 1.73. The van der Waals surface area contributed by atoms with Gasteiger partial charge in [0, 0.05) is 11.5 Å². The molecule has 1 aliphatic heterocycles. The number of hydrogen-bond acceptors (Lipinski definition) is 2. The van der Waals surface area contributed by atoms with Gasteiger partial charge in [-0.25, -0.2) is 0 Å². The molecule has 1 aromatic rings. The van der Waals surface area contributed by atoms with E-state index in [0.29, 0.717) is 0 Å². The Bertz CT molecular complexity index is 431. The van der Waals surface area contributed by atoms with E-state index in [1.54, 1.807) is 18.9 Å². The normalized spacial score (nSPS) is 19.9. The molecule has 1 unspecified atom stereocenters. The van der Waals surface area contributed by atoms with E-state index in [1.165, 1.54) is 0 Å². The van der Waals surface area contributed by atoms with Crippen LogP contribution in [0.5, 0.6) is 5.75 Å². The summed E-state index contributed by atoms with van der Waals surface area (Å²) in [5, 5.41) is 0. The number of likely N-dealkylation sites (N-methyl/N-ethyl adjacent to an activating group) is 1. The zero-order valence-corrected chi connectivity index (χ0v) is 10.5. The summed E-state index contributed by atoms with van der Waals surface area (Å²) in [7, 11) is 1.77. The molecule has 1 heterocycles. The number of carbonyl (C=O) groups is 1. The van der Waals surface area contributed by atoms with Gasteiger partial charge < -0.3 is 9.64 Å². The van der Waals surface area contributed by atoms with Crippen LogP contribution in [0.3, 0.4) is 0 Å². The summed E-state index contributed by atoms with van der Waals surface area (Å²) in [6.07, 6.45) is -0.401. The minimum atomic E-state index is -0.401. The Hall–Kier alpha value is -1.03. The second-order valence-corrected chi connectivity index (χ2v) is 4.64. The van der Waals surface area contributed by atoms with Crippen molar-refractivity contribution < 1.29 is 9.53 Å². The molecule has 1 atom stereocenters. The molecule has 1 aliphatic rings. The average Bonchev–Trinajstić information content (AvgIpc) is 2.17. The summed E-state index contributed by atoms with van der Waals surface area (Å²) in [6, 6.07) is 3.88. The van der Waals surface area contributed by atoms with E-state index in [4.69, 9.17) is 4.74 Å². The van der Waals surface area contributed by atoms with Crippen LogP contribution >= 0.6 is 15.9 Å². The number of carbonyl (C=O) groups excluding carboxylic acids is 1. The van der Waals surface area contributed by atoms with Crippen molar-refractivity contribution in [3.8, 4) is 5.75 Å². The zero-order chi connectivity index (χ0) is 11.2. The third-order valence-corrected chi connectivity index (χ3v) is 3.01. The number of hydrogen-bond donors (Lipinski definition) is 0. The molecule has 0 fully saturated rings. The first kappa shape index (κ1) is 10.5. The monoisotopic (exact) mass is 269 g/mol. The molecule has 0 aliphatic carbocycles. The Morgan fingerprint density at radius 1 is 1.47 bits per heavy atom. The summed E-state index contributed by atoms with van der Waals surface area (Å²) >= 11 is 3.41. The zero-order valence-electron chi connectivity index (χ0n) is 8.87. The maximum absolute atomic E-state index is 11.7. The van der Waals surface area contributed by atoms with E-state index >= 15 is 0 Å². The molecule has 4 heteroatoms. The maximum atomic E-state index is 11.7. The van der Waals surface area contributed by atoms with Gasteiger partial charge in [-0.3, -0.25) is 4.79 Å². The van der Waals surface area contributed by atoms with Crippen molar-refractivity contribution in [1.29, 1.82) is 0 Å². The van der Waals surface area contributed by atoms with Crippen LogP contribution in [0.4, 0.5) is 5.69 Å². The average molecular weight is 270 g/mol. The molecule has 0 N–H and O–H groups in total. The molecule has 15 heavy (non-hydrogen) atoms. The molecule has 80 valence electrons. The van der Waals surface area contributed by atoms with Crippen molar-refractivity contribution in [3.05, 3.63) is 22.2 Å². The number of nitrogens with zero attached hydrogens (tertiary/aromatic N) is 1. The van der Waals surface area contributed by atoms with Gasteiger partial charge in [-0.2, -0.15) is 0 Å². The third kappa shape index (κ3) is 1.63. The summed E-state index contributed by atoms with van der Waals surface area (Å²) in [6.45, 7) is 3.74. The standard InChI is InChI=1S/C11H12BrNO2/c1-6-4-8(12)5-9-10(6)15-7(2)11(14)13(9)3/h4-5,7H,1-3H3. The van der Waals surface area contributed by atoms with Crippen molar-refractivity contribution in [2.24, 2.45) is 0 Å². The highest BCUT2D eigenvalue weighted by atomic mass is 79.9. The second kappa shape index (κ2) is 3.52. The highest BCUT2D eigenvalue weighted by Gasteiger charge is 2.29. The van der Waals surface area contributed by atoms with Crippen LogP contribution < -0.4 is 9.64 Å². The van der Waals surface area contributed by atoms with Gasteiger partial charge in [0.25, 0.3) is 5.91 Å². The van der Waals surface area contributed by atoms with Gasteiger partial charge in [-0.05, 0) is 31.5 Å². The molecule has 0 spiro atoms. The van der Waals surface area contributed by atoms with Crippen molar-refractivity contribution in [2.45, 2.75) is 20.0 Å². The summed E-state index contributed by atoms with van der Waals surface area (Å²) in [4.78, 5) is 13.3. The smallest absolute Gasteiger partial charge is 0.267 e. The van der Waals surface area contributed by atoms with E-state index in [1.807, 2.05) is 19.1 Å². The first-order chi connectivity index (χ1) is 7.00. The Morgan fingerprint density at radius 3 is 2.80 bits per heavy atom. The number of fused-ring (bicyclic) bond motifs is 1. The second-order valence-electron chi connectivity index (χ2n) is 3.73. The highest BCUT2D eigenvalue weighted by molar-refractivity contribution is 9.10. The number of anilines is 1. The quantitative estimate of drug-likeness (QED) is 0.725. The highest BCUT2D eigenvalue weighted by Crippen LogP contribution is 2.38. The van der Waals surface area contributed by atoms with Crippen molar-refractivity contribution in [3.63, 3.8) is 0 Å². The van der Waals surface area contributed by atoms with Crippen LogP contribution in [0.25, 0.3) is 0 Å². The Balaban J connectivity index is 2.60. The third-order valence-electron chi connectivity index (χ3n) is 2.55. The lowest BCUT2D eigenvalue weighted by atomic mass is 10.1. The van der Waals surface area contributed by atoms with E-state index in [0.717, 1.165) is 21.5 Å². The fourth-order valence-corrected chi connectivity index (χ4v) is 2.29. The Kier molecular flexibility index (Phi) is 2.46. The lowest BCUT2D eigenvalue weighted by Crippen LogP contribution is -2.42. The Morgan fingerprint density at radius 2 is 2.13 bits per heavy atom. The molecule has 0 saturated carbocycles. The van der Waals surface area contributed by atoms with Crippen molar-refractivity contribution >= 4 is 27.5 Å². The van der Waals surface area contributed by atoms with Crippen LogP contribution in [0.15, 0.2) is 16.6 Å². The van der Waals surface area contributed by atoms with Crippen LogP contribution in [0, 0.1) is 6.92 Å². The molecule has 0 saturated heterocycles. The number of halogens is 1. The number of benzene rings is 1. The number of aryl methyl sites for hydroxylation is 1. The molecular weight excluding hydrogens is 258 g/mol. The Labute approximate surface area is 97.2 Å².